The minimum absolute atomic E-state index is 0.106. The number of unbranched alkanes of at least 4 members (excludes halogenated alkanes) is 1. The number of carbonyl (C=O) groups is 1. The Kier molecular flexibility index (Phi) is 6.51. The third kappa shape index (κ3) is 5.31. The van der Waals surface area contributed by atoms with Gasteiger partial charge in [0.05, 0.1) is 11.9 Å². The van der Waals surface area contributed by atoms with Gasteiger partial charge in [0.15, 0.2) is 0 Å². The normalized spacial score (nSPS) is 20.9. The lowest BCUT2D eigenvalue weighted by Gasteiger charge is -2.16. The number of hydrogen-bond donors (Lipinski definition) is 1. The van der Waals surface area contributed by atoms with Crippen molar-refractivity contribution < 1.29 is 4.79 Å². The third-order valence-electron chi connectivity index (χ3n) is 4.37. The van der Waals surface area contributed by atoms with Crippen molar-refractivity contribution >= 4 is 39.0 Å². The van der Waals surface area contributed by atoms with E-state index in [1.54, 1.807) is 6.20 Å². The Morgan fingerprint density at radius 3 is 2.87 bits per heavy atom. The van der Waals surface area contributed by atoms with Gasteiger partial charge in [-0.3, -0.25) is 4.79 Å². The molecule has 2 aliphatic heterocycles. The van der Waals surface area contributed by atoms with E-state index < -0.39 is 0 Å². The van der Waals surface area contributed by atoms with E-state index in [1.807, 2.05) is 33.7 Å². The summed E-state index contributed by atoms with van der Waals surface area (Å²) in [6.07, 6.45) is 9.59. The van der Waals surface area contributed by atoms with Crippen LogP contribution < -0.4 is 10.2 Å². The molecule has 0 aliphatic carbocycles. The standard InChI is InChI=1S/C17H25N3OS2/c21-17(6-2-1-5-15-9-12-22-23-15)19-14-7-8-16(18-13-14)20-10-3-4-11-20/h7-8,13,15H,1-6,9-12H2,(H,19,21). The molecule has 6 heteroatoms. The predicted molar refractivity (Wildman–Crippen MR) is 101 cm³/mol. The minimum atomic E-state index is 0.106. The van der Waals surface area contributed by atoms with Crippen LogP contribution in [0.1, 0.15) is 44.9 Å². The quantitative estimate of drug-likeness (QED) is 0.585. The second kappa shape index (κ2) is 8.83. The van der Waals surface area contributed by atoms with E-state index in [0.29, 0.717) is 6.42 Å². The molecule has 1 aromatic heterocycles. The highest BCUT2D eigenvalue weighted by molar-refractivity contribution is 8.77. The Bertz CT molecular complexity index is 497. The Labute approximate surface area is 146 Å². The van der Waals surface area contributed by atoms with Gasteiger partial charge in [0.1, 0.15) is 5.82 Å². The van der Waals surface area contributed by atoms with Gasteiger partial charge < -0.3 is 10.2 Å². The fraction of sp³-hybridized carbons (Fsp3) is 0.647. The molecular formula is C17H25N3OS2. The average molecular weight is 352 g/mol. The van der Waals surface area contributed by atoms with E-state index in [2.05, 4.69) is 15.2 Å². The van der Waals surface area contributed by atoms with Gasteiger partial charge in [-0.05, 0) is 44.2 Å². The third-order valence-corrected chi connectivity index (χ3v) is 7.38. The first-order chi connectivity index (χ1) is 11.3. The number of carbonyl (C=O) groups excluding carboxylic acids is 1. The summed E-state index contributed by atoms with van der Waals surface area (Å²) >= 11 is 0. The van der Waals surface area contributed by atoms with Crippen LogP contribution in [-0.4, -0.2) is 35.0 Å². The summed E-state index contributed by atoms with van der Waals surface area (Å²) in [4.78, 5) is 18.8. The molecule has 0 bridgehead atoms. The Morgan fingerprint density at radius 2 is 2.17 bits per heavy atom. The zero-order valence-electron chi connectivity index (χ0n) is 13.5. The van der Waals surface area contributed by atoms with Crippen molar-refractivity contribution in [2.45, 2.75) is 50.2 Å². The maximum absolute atomic E-state index is 12.0. The smallest absolute Gasteiger partial charge is 0.224 e. The number of pyridine rings is 1. The first-order valence-electron chi connectivity index (χ1n) is 8.60. The van der Waals surface area contributed by atoms with E-state index in [0.717, 1.165) is 42.7 Å². The number of amides is 1. The monoisotopic (exact) mass is 351 g/mol. The van der Waals surface area contributed by atoms with Crippen LogP contribution in [0.5, 0.6) is 0 Å². The second-order valence-corrected chi connectivity index (χ2v) is 9.01. The molecule has 1 unspecified atom stereocenters. The maximum Gasteiger partial charge on any atom is 0.224 e. The molecule has 1 N–H and O–H groups in total. The molecule has 126 valence electrons. The van der Waals surface area contributed by atoms with E-state index in [9.17, 15) is 4.79 Å². The van der Waals surface area contributed by atoms with Crippen LogP contribution in [0.15, 0.2) is 18.3 Å². The zero-order valence-corrected chi connectivity index (χ0v) is 15.1. The molecule has 3 heterocycles. The largest absolute Gasteiger partial charge is 0.357 e. The molecule has 0 aromatic carbocycles. The SMILES string of the molecule is O=C(CCCCC1CCSS1)Nc1ccc(N2CCCC2)nc1. The lowest BCUT2D eigenvalue weighted by Crippen LogP contribution is -2.19. The van der Waals surface area contributed by atoms with Gasteiger partial charge >= 0.3 is 0 Å². The van der Waals surface area contributed by atoms with Crippen LogP contribution in [-0.2, 0) is 4.79 Å². The number of aromatic nitrogens is 1. The number of hydrogen-bond acceptors (Lipinski definition) is 5. The highest BCUT2D eigenvalue weighted by Crippen LogP contribution is 2.39. The van der Waals surface area contributed by atoms with Crippen LogP contribution in [0, 0.1) is 0 Å². The lowest BCUT2D eigenvalue weighted by molar-refractivity contribution is -0.116. The first-order valence-corrected chi connectivity index (χ1v) is 11.0. The summed E-state index contributed by atoms with van der Waals surface area (Å²) < 4.78 is 0. The summed E-state index contributed by atoms with van der Waals surface area (Å²) in [7, 11) is 4.00. The molecule has 0 saturated carbocycles. The highest BCUT2D eigenvalue weighted by atomic mass is 33.1. The van der Waals surface area contributed by atoms with Crippen LogP contribution in [0.25, 0.3) is 0 Å². The molecule has 0 radical (unpaired) electrons. The van der Waals surface area contributed by atoms with Gasteiger partial charge in [0.2, 0.25) is 5.91 Å². The molecular weight excluding hydrogens is 326 g/mol. The fourth-order valence-electron chi connectivity index (χ4n) is 3.04. The van der Waals surface area contributed by atoms with E-state index in [4.69, 9.17) is 0 Å². The summed E-state index contributed by atoms with van der Waals surface area (Å²) in [5.41, 5.74) is 0.806. The molecule has 2 fully saturated rings. The average Bonchev–Trinajstić information content (AvgIpc) is 3.26. The predicted octanol–water partition coefficient (Wildman–Crippen LogP) is 4.33. The van der Waals surface area contributed by atoms with Crippen molar-refractivity contribution in [2.24, 2.45) is 0 Å². The van der Waals surface area contributed by atoms with E-state index in [1.165, 1.54) is 31.4 Å². The minimum Gasteiger partial charge on any atom is -0.357 e. The van der Waals surface area contributed by atoms with Crippen LogP contribution in [0.2, 0.25) is 0 Å². The molecule has 2 aliphatic rings. The maximum atomic E-state index is 12.0. The number of nitrogens with zero attached hydrogens (tertiary/aromatic N) is 2. The molecule has 0 spiro atoms. The van der Waals surface area contributed by atoms with Crippen molar-refractivity contribution in [2.75, 3.05) is 29.1 Å². The number of rotatable bonds is 7. The molecule has 4 nitrogen and oxygen atoms in total. The van der Waals surface area contributed by atoms with Crippen LogP contribution >= 0.6 is 21.6 Å². The molecule has 1 aromatic rings. The molecule has 1 amide bonds. The zero-order chi connectivity index (χ0) is 15.9. The van der Waals surface area contributed by atoms with Gasteiger partial charge in [-0.25, -0.2) is 4.98 Å². The lowest BCUT2D eigenvalue weighted by atomic mass is 10.1. The van der Waals surface area contributed by atoms with Crippen molar-refractivity contribution in [3.8, 4) is 0 Å². The van der Waals surface area contributed by atoms with Gasteiger partial charge in [0, 0.05) is 30.5 Å². The van der Waals surface area contributed by atoms with Crippen molar-refractivity contribution in [3.63, 3.8) is 0 Å². The Morgan fingerprint density at radius 1 is 1.30 bits per heavy atom. The van der Waals surface area contributed by atoms with Crippen molar-refractivity contribution in [1.29, 1.82) is 0 Å². The molecule has 1 atom stereocenters. The van der Waals surface area contributed by atoms with Crippen molar-refractivity contribution in [1.82, 2.24) is 4.98 Å². The second-order valence-electron chi connectivity index (χ2n) is 6.22. The molecule has 3 rings (SSSR count). The fourth-order valence-corrected chi connectivity index (χ4v) is 6.07. The van der Waals surface area contributed by atoms with E-state index in [-0.39, 0.29) is 5.91 Å². The highest BCUT2D eigenvalue weighted by Gasteiger charge is 2.16. The summed E-state index contributed by atoms with van der Waals surface area (Å²) in [6.45, 7) is 2.19. The summed E-state index contributed by atoms with van der Waals surface area (Å²) in [6, 6.07) is 3.97. The first kappa shape index (κ1) is 17.0. The summed E-state index contributed by atoms with van der Waals surface area (Å²) in [5.74, 6) is 2.41. The number of nitrogens with one attached hydrogen (secondary N) is 1. The van der Waals surface area contributed by atoms with Crippen LogP contribution in [0.4, 0.5) is 11.5 Å². The Hall–Kier alpha value is -0.880. The Balaban J connectivity index is 1.35. The van der Waals surface area contributed by atoms with Gasteiger partial charge in [-0.1, -0.05) is 28.0 Å². The van der Waals surface area contributed by atoms with Crippen molar-refractivity contribution in [3.05, 3.63) is 18.3 Å². The van der Waals surface area contributed by atoms with Gasteiger partial charge in [-0.2, -0.15) is 0 Å². The topological polar surface area (TPSA) is 45.2 Å². The van der Waals surface area contributed by atoms with Crippen LogP contribution in [0.3, 0.4) is 0 Å². The number of anilines is 2. The van der Waals surface area contributed by atoms with Gasteiger partial charge in [0.25, 0.3) is 0 Å². The van der Waals surface area contributed by atoms with Gasteiger partial charge in [-0.15, -0.1) is 0 Å². The summed E-state index contributed by atoms with van der Waals surface area (Å²) in [5, 5.41) is 3.77. The van der Waals surface area contributed by atoms with E-state index >= 15 is 0 Å². The molecule has 2 saturated heterocycles. The molecule has 23 heavy (non-hydrogen) atoms.